The summed E-state index contributed by atoms with van der Waals surface area (Å²) in [7, 11) is 0. The van der Waals surface area contributed by atoms with Gasteiger partial charge in [-0.2, -0.15) is 0 Å². The van der Waals surface area contributed by atoms with Gasteiger partial charge < -0.3 is 5.11 Å². The lowest BCUT2D eigenvalue weighted by atomic mass is 10.2. The lowest BCUT2D eigenvalue weighted by molar-refractivity contribution is 0.177. The first-order valence-corrected chi connectivity index (χ1v) is 5.26. The summed E-state index contributed by atoms with van der Waals surface area (Å²) in [5, 5.41) is 9.40. The van der Waals surface area contributed by atoms with Crippen LogP contribution in [-0.4, -0.2) is 5.11 Å². The largest absolute Gasteiger partial charge is 0.388 e. The molecule has 0 bridgehead atoms. The number of halogens is 2. The maximum absolute atomic E-state index is 9.40. The van der Waals surface area contributed by atoms with Gasteiger partial charge in [0, 0.05) is 9.35 Å². The third-order valence-electron chi connectivity index (χ3n) is 1.38. The zero-order chi connectivity index (χ0) is 8.43. The Hall–Kier alpha value is 0.430. The average molecular weight is 256 g/mol. The fraction of sp³-hybridized carbons (Fsp3) is 0.429. The van der Waals surface area contributed by atoms with E-state index in [0.29, 0.717) is 4.34 Å². The summed E-state index contributed by atoms with van der Waals surface area (Å²) in [6.45, 7) is 1.94. The topological polar surface area (TPSA) is 20.2 Å². The molecule has 1 N–H and O–H groups in total. The number of aliphatic hydroxyl groups is 1. The van der Waals surface area contributed by atoms with Crippen molar-refractivity contribution in [2.45, 2.75) is 19.4 Å². The molecule has 0 radical (unpaired) electrons. The first kappa shape index (κ1) is 9.52. The van der Waals surface area contributed by atoms with E-state index in [0.717, 1.165) is 15.8 Å². The van der Waals surface area contributed by atoms with E-state index >= 15 is 0 Å². The van der Waals surface area contributed by atoms with Gasteiger partial charge in [-0.15, -0.1) is 11.3 Å². The predicted octanol–water partition coefficient (Wildman–Crippen LogP) is 3.61. The Morgan fingerprint density at radius 2 is 2.45 bits per heavy atom. The van der Waals surface area contributed by atoms with Crippen LogP contribution in [0, 0.1) is 0 Å². The van der Waals surface area contributed by atoms with Crippen molar-refractivity contribution >= 4 is 38.9 Å². The molecule has 1 aromatic heterocycles. The van der Waals surface area contributed by atoms with Crippen molar-refractivity contribution in [1.29, 1.82) is 0 Å². The number of thiophene rings is 1. The Labute approximate surface area is 83.1 Å². The molecule has 1 aromatic rings. The number of hydrogen-bond acceptors (Lipinski definition) is 2. The Balaban J connectivity index is 2.88. The van der Waals surface area contributed by atoms with Gasteiger partial charge in [0.1, 0.15) is 4.34 Å². The third kappa shape index (κ3) is 2.18. The van der Waals surface area contributed by atoms with Crippen LogP contribution in [-0.2, 0) is 0 Å². The number of aliphatic hydroxyl groups excluding tert-OH is 1. The molecule has 1 rings (SSSR count). The molecule has 0 aromatic carbocycles. The third-order valence-corrected chi connectivity index (χ3v) is 3.96. The first-order valence-electron chi connectivity index (χ1n) is 3.28. The fourth-order valence-electron chi connectivity index (χ4n) is 0.729. The van der Waals surface area contributed by atoms with Crippen LogP contribution >= 0.6 is 38.9 Å². The van der Waals surface area contributed by atoms with Crippen molar-refractivity contribution < 1.29 is 5.11 Å². The minimum absolute atomic E-state index is 0.371. The lowest BCUT2D eigenvalue weighted by Crippen LogP contribution is -1.89. The molecule has 1 nitrogen and oxygen atoms in total. The summed E-state index contributed by atoms with van der Waals surface area (Å²) in [6.07, 6.45) is 0.354. The summed E-state index contributed by atoms with van der Waals surface area (Å²) in [5.74, 6) is 0. The van der Waals surface area contributed by atoms with E-state index in [4.69, 9.17) is 11.6 Å². The number of hydrogen-bond donors (Lipinski definition) is 1. The van der Waals surface area contributed by atoms with E-state index in [1.807, 2.05) is 13.0 Å². The molecule has 0 aliphatic rings. The molecule has 1 heterocycles. The second-order valence-electron chi connectivity index (χ2n) is 2.19. The van der Waals surface area contributed by atoms with Gasteiger partial charge in [-0.05, 0) is 28.4 Å². The summed E-state index contributed by atoms with van der Waals surface area (Å²) < 4.78 is 1.57. The molecule has 62 valence electrons. The summed E-state index contributed by atoms with van der Waals surface area (Å²) in [6, 6.07) is 1.86. The quantitative estimate of drug-likeness (QED) is 0.856. The highest BCUT2D eigenvalue weighted by atomic mass is 79.9. The SMILES string of the molecule is CC[C@H](O)c1cc(Br)c(Cl)s1. The molecule has 4 heteroatoms. The van der Waals surface area contributed by atoms with E-state index in [1.54, 1.807) is 0 Å². The summed E-state index contributed by atoms with van der Waals surface area (Å²) in [5.41, 5.74) is 0. The first-order chi connectivity index (χ1) is 5.15. The highest BCUT2D eigenvalue weighted by Crippen LogP contribution is 2.35. The Morgan fingerprint density at radius 3 is 2.82 bits per heavy atom. The van der Waals surface area contributed by atoms with Crippen molar-refractivity contribution in [2.75, 3.05) is 0 Å². The van der Waals surface area contributed by atoms with E-state index in [2.05, 4.69) is 15.9 Å². The molecule has 0 saturated carbocycles. The van der Waals surface area contributed by atoms with Crippen molar-refractivity contribution in [3.8, 4) is 0 Å². The highest BCUT2D eigenvalue weighted by Gasteiger charge is 2.10. The van der Waals surface area contributed by atoms with Crippen LogP contribution < -0.4 is 0 Å². The smallest absolute Gasteiger partial charge is 0.107 e. The molecule has 0 spiro atoms. The van der Waals surface area contributed by atoms with Crippen molar-refractivity contribution in [3.63, 3.8) is 0 Å². The Kier molecular flexibility index (Phi) is 3.37. The van der Waals surface area contributed by atoms with Gasteiger partial charge in [0.2, 0.25) is 0 Å². The van der Waals surface area contributed by atoms with E-state index in [1.165, 1.54) is 11.3 Å². The summed E-state index contributed by atoms with van der Waals surface area (Å²) in [4.78, 5) is 0.921. The monoisotopic (exact) mass is 254 g/mol. The minimum atomic E-state index is -0.371. The predicted molar refractivity (Wildman–Crippen MR) is 52.3 cm³/mol. The fourth-order valence-corrected chi connectivity index (χ4v) is 2.53. The van der Waals surface area contributed by atoms with Gasteiger partial charge in [-0.1, -0.05) is 18.5 Å². The van der Waals surface area contributed by atoms with Crippen LogP contribution in [0.3, 0.4) is 0 Å². The number of rotatable bonds is 2. The lowest BCUT2D eigenvalue weighted by Gasteiger charge is -2.01. The molecule has 0 aliphatic heterocycles. The molecule has 0 aliphatic carbocycles. The van der Waals surface area contributed by atoms with E-state index in [-0.39, 0.29) is 6.10 Å². The van der Waals surface area contributed by atoms with Crippen LogP contribution in [0.25, 0.3) is 0 Å². The van der Waals surface area contributed by atoms with Crippen LogP contribution in [0.4, 0.5) is 0 Å². The molecular formula is C7H8BrClOS. The normalized spacial score (nSPS) is 13.5. The van der Waals surface area contributed by atoms with Gasteiger partial charge >= 0.3 is 0 Å². The van der Waals surface area contributed by atoms with Crippen molar-refractivity contribution in [2.24, 2.45) is 0 Å². The minimum Gasteiger partial charge on any atom is -0.388 e. The van der Waals surface area contributed by atoms with Gasteiger partial charge in [-0.3, -0.25) is 0 Å². The Bertz CT molecular complexity index is 229. The Morgan fingerprint density at radius 1 is 1.82 bits per heavy atom. The van der Waals surface area contributed by atoms with Crippen molar-refractivity contribution in [1.82, 2.24) is 0 Å². The van der Waals surface area contributed by atoms with Crippen LogP contribution in [0.15, 0.2) is 10.5 Å². The van der Waals surface area contributed by atoms with E-state index in [9.17, 15) is 5.11 Å². The maximum atomic E-state index is 9.40. The molecule has 0 fully saturated rings. The van der Waals surface area contributed by atoms with Crippen LogP contribution in [0.5, 0.6) is 0 Å². The van der Waals surface area contributed by atoms with Gasteiger partial charge in [0.15, 0.2) is 0 Å². The molecular weight excluding hydrogens is 248 g/mol. The standard InChI is InChI=1S/C7H8BrClOS/c1-2-5(10)6-3-4(8)7(9)11-6/h3,5,10H,2H2,1H3/t5-/m0/s1. The average Bonchev–Trinajstić information content (AvgIpc) is 2.31. The van der Waals surface area contributed by atoms with Crippen LogP contribution in [0.2, 0.25) is 4.34 Å². The zero-order valence-electron chi connectivity index (χ0n) is 5.97. The molecule has 11 heavy (non-hydrogen) atoms. The van der Waals surface area contributed by atoms with Crippen LogP contribution in [0.1, 0.15) is 24.3 Å². The van der Waals surface area contributed by atoms with Gasteiger partial charge in [0.05, 0.1) is 6.10 Å². The molecule has 0 amide bonds. The van der Waals surface area contributed by atoms with E-state index < -0.39 is 0 Å². The maximum Gasteiger partial charge on any atom is 0.107 e. The second kappa shape index (κ2) is 3.90. The van der Waals surface area contributed by atoms with Gasteiger partial charge in [0.25, 0.3) is 0 Å². The highest BCUT2D eigenvalue weighted by molar-refractivity contribution is 9.10. The zero-order valence-corrected chi connectivity index (χ0v) is 9.13. The molecule has 1 atom stereocenters. The molecule has 0 saturated heterocycles. The summed E-state index contributed by atoms with van der Waals surface area (Å²) >= 11 is 10.5. The van der Waals surface area contributed by atoms with Gasteiger partial charge in [-0.25, -0.2) is 0 Å². The van der Waals surface area contributed by atoms with Crippen molar-refractivity contribution in [3.05, 3.63) is 19.8 Å². The second-order valence-corrected chi connectivity index (χ2v) is 4.73. The molecule has 0 unspecified atom stereocenters.